The SMILES string of the molecule is CCN1CCCC1CNc1cc(F)c(I)cc1N. The molecule has 0 saturated carbocycles. The van der Waals surface area contributed by atoms with Crippen LogP contribution in [0.3, 0.4) is 0 Å². The lowest BCUT2D eigenvalue weighted by molar-refractivity contribution is 0.277. The Hall–Kier alpha value is -0.560. The second-order valence-electron chi connectivity index (χ2n) is 4.66. The van der Waals surface area contributed by atoms with Gasteiger partial charge in [-0.2, -0.15) is 0 Å². The van der Waals surface area contributed by atoms with Gasteiger partial charge in [0.05, 0.1) is 14.9 Å². The van der Waals surface area contributed by atoms with Gasteiger partial charge in [-0.25, -0.2) is 4.39 Å². The Morgan fingerprint density at radius 3 is 3.06 bits per heavy atom. The Bertz CT molecular complexity index is 425. The van der Waals surface area contributed by atoms with Crippen molar-refractivity contribution in [1.82, 2.24) is 4.90 Å². The highest BCUT2D eigenvalue weighted by atomic mass is 127. The molecule has 1 aliphatic heterocycles. The van der Waals surface area contributed by atoms with Crippen LogP contribution in [-0.2, 0) is 0 Å². The molecular formula is C13H19FIN3. The summed E-state index contributed by atoms with van der Waals surface area (Å²) in [5.74, 6) is -0.217. The van der Waals surface area contributed by atoms with Crippen LogP contribution in [-0.4, -0.2) is 30.6 Å². The summed E-state index contributed by atoms with van der Waals surface area (Å²) < 4.78 is 14.1. The van der Waals surface area contributed by atoms with E-state index in [1.807, 2.05) is 22.6 Å². The van der Waals surface area contributed by atoms with E-state index in [0.717, 1.165) is 13.1 Å². The predicted molar refractivity (Wildman–Crippen MR) is 82.3 cm³/mol. The van der Waals surface area contributed by atoms with Gasteiger partial charge in [0.25, 0.3) is 0 Å². The lowest BCUT2D eigenvalue weighted by Gasteiger charge is -2.23. The van der Waals surface area contributed by atoms with Crippen LogP contribution in [0.4, 0.5) is 15.8 Å². The van der Waals surface area contributed by atoms with E-state index in [2.05, 4.69) is 17.1 Å². The fourth-order valence-corrected chi connectivity index (χ4v) is 2.98. The molecule has 0 aliphatic carbocycles. The summed E-state index contributed by atoms with van der Waals surface area (Å²) in [5, 5.41) is 3.28. The van der Waals surface area contributed by atoms with E-state index in [9.17, 15) is 4.39 Å². The van der Waals surface area contributed by atoms with Gasteiger partial charge in [0.1, 0.15) is 5.82 Å². The average Bonchev–Trinajstić information content (AvgIpc) is 2.79. The summed E-state index contributed by atoms with van der Waals surface area (Å²) in [7, 11) is 0. The van der Waals surface area contributed by atoms with Crippen LogP contribution in [0.2, 0.25) is 0 Å². The lowest BCUT2D eigenvalue weighted by Crippen LogP contribution is -2.34. The number of likely N-dealkylation sites (N-methyl/N-ethyl adjacent to an activating group) is 1. The second kappa shape index (κ2) is 6.06. The highest BCUT2D eigenvalue weighted by Gasteiger charge is 2.22. The third-order valence-corrected chi connectivity index (χ3v) is 4.35. The summed E-state index contributed by atoms with van der Waals surface area (Å²) in [6.07, 6.45) is 2.45. The van der Waals surface area contributed by atoms with Crippen molar-refractivity contribution in [3.63, 3.8) is 0 Å². The molecule has 1 aromatic carbocycles. The molecule has 1 fully saturated rings. The minimum absolute atomic E-state index is 0.217. The Labute approximate surface area is 121 Å². The molecule has 5 heteroatoms. The number of rotatable bonds is 4. The zero-order valence-electron chi connectivity index (χ0n) is 10.5. The molecule has 1 heterocycles. The van der Waals surface area contributed by atoms with Crippen molar-refractivity contribution in [3.8, 4) is 0 Å². The molecule has 0 bridgehead atoms. The molecule has 100 valence electrons. The molecule has 0 radical (unpaired) electrons. The molecule has 1 saturated heterocycles. The molecular weight excluding hydrogens is 344 g/mol. The quantitative estimate of drug-likeness (QED) is 0.639. The van der Waals surface area contributed by atoms with Gasteiger partial charge >= 0.3 is 0 Å². The summed E-state index contributed by atoms with van der Waals surface area (Å²) in [6.45, 7) is 5.25. The Morgan fingerprint density at radius 1 is 1.56 bits per heavy atom. The Kier molecular flexibility index (Phi) is 4.66. The van der Waals surface area contributed by atoms with Gasteiger partial charge in [-0.05, 0) is 54.6 Å². The van der Waals surface area contributed by atoms with Crippen LogP contribution in [0, 0.1) is 9.39 Å². The van der Waals surface area contributed by atoms with Crippen molar-refractivity contribution in [2.24, 2.45) is 0 Å². The van der Waals surface area contributed by atoms with Crippen LogP contribution < -0.4 is 11.1 Å². The van der Waals surface area contributed by atoms with Crippen molar-refractivity contribution in [1.29, 1.82) is 0 Å². The van der Waals surface area contributed by atoms with Crippen LogP contribution in [0.5, 0.6) is 0 Å². The number of nitrogens with zero attached hydrogens (tertiary/aromatic N) is 1. The maximum absolute atomic E-state index is 13.5. The van der Waals surface area contributed by atoms with E-state index < -0.39 is 0 Å². The number of likely N-dealkylation sites (tertiary alicyclic amines) is 1. The van der Waals surface area contributed by atoms with E-state index in [-0.39, 0.29) is 5.82 Å². The lowest BCUT2D eigenvalue weighted by atomic mass is 10.2. The standard InChI is InChI=1S/C13H19FIN3/c1-2-18-5-3-4-9(18)8-17-13-6-10(14)11(15)7-12(13)16/h6-7,9,17H,2-5,8,16H2,1H3. The van der Waals surface area contributed by atoms with Gasteiger partial charge in [-0.1, -0.05) is 6.92 Å². The van der Waals surface area contributed by atoms with Crippen LogP contribution in [0.1, 0.15) is 19.8 Å². The van der Waals surface area contributed by atoms with E-state index in [1.54, 1.807) is 6.07 Å². The summed E-state index contributed by atoms with van der Waals surface area (Å²) in [4.78, 5) is 2.45. The maximum atomic E-state index is 13.5. The minimum atomic E-state index is -0.217. The first-order valence-electron chi connectivity index (χ1n) is 6.34. The molecule has 0 amide bonds. The normalized spacial score (nSPS) is 20.3. The molecule has 18 heavy (non-hydrogen) atoms. The van der Waals surface area contributed by atoms with Crippen LogP contribution >= 0.6 is 22.6 Å². The van der Waals surface area contributed by atoms with Crippen LogP contribution in [0.25, 0.3) is 0 Å². The fourth-order valence-electron chi connectivity index (χ4n) is 2.49. The minimum Gasteiger partial charge on any atom is -0.397 e. The van der Waals surface area contributed by atoms with Gasteiger partial charge < -0.3 is 11.1 Å². The van der Waals surface area contributed by atoms with Gasteiger partial charge in [-0.3, -0.25) is 4.90 Å². The van der Waals surface area contributed by atoms with Crippen molar-refractivity contribution in [2.45, 2.75) is 25.8 Å². The van der Waals surface area contributed by atoms with Crippen molar-refractivity contribution < 1.29 is 4.39 Å². The molecule has 1 aromatic rings. The first-order chi connectivity index (χ1) is 8.61. The Morgan fingerprint density at radius 2 is 2.33 bits per heavy atom. The summed E-state index contributed by atoms with van der Waals surface area (Å²) in [6, 6.07) is 3.70. The van der Waals surface area contributed by atoms with Crippen molar-refractivity contribution >= 4 is 34.0 Å². The van der Waals surface area contributed by atoms with E-state index in [1.165, 1.54) is 25.5 Å². The van der Waals surface area contributed by atoms with Gasteiger partial charge in [-0.15, -0.1) is 0 Å². The summed E-state index contributed by atoms with van der Waals surface area (Å²) in [5.41, 5.74) is 7.21. The monoisotopic (exact) mass is 363 g/mol. The molecule has 3 N–H and O–H groups in total. The second-order valence-corrected chi connectivity index (χ2v) is 5.82. The molecule has 3 nitrogen and oxygen atoms in total. The largest absolute Gasteiger partial charge is 0.397 e. The highest BCUT2D eigenvalue weighted by Crippen LogP contribution is 2.25. The first kappa shape index (κ1) is 13.9. The molecule has 1 aliphatic rings. The van der Waals surface area contributed by atoms with E-state index >= 15 is 0 Å². The third-order valence-electron chi connectivity index (χ3n) is 3.53. The van der Waals surface area contributed by atoms with Gasteiger partial charge in [0.2, 0.25) is 0 Å². The molecule has 1 unspecified atom stereocenters. The van der Waals surface area contributed by atoms with Gasteiger partial charge in [0.15, 0.2) is 0 Å². The number of anilines is 2. The van der Waals surface area contributed by atoms with Gasteiger partial charge in [0, 0.05) is 18.7 Å². The Balaban J connectivity index is 2.00. The zero-order valence-corrected chi connectivity index (χ0v) is 12.7. The third kappa shape index (κ3) is 3.06. The molecule has 2 rings (SSSR count). The smallest absolute Gasteiger partial charge is 0.138 e. The van der Waals surface area contributed by atoms with Crippen molar-refractivity contribution in [3.05, 3.63) is 21.5 Å². The first-order valence-corrected chi connectivity index (χ1v) is 7.42. The van der Waals surface area contributed by atoms with E-state index in [0.29, 0.717) is 21.0 Å². The molecule has 0 spiro atoms. The molecule has 0 aromatic heterocycles. The van der Waals surface area contributed by atoms with Crippen molar-refractivity contribution in [2.75, 3.05) is 30.7 Å². The average molecular weight is 363 g/mol. The number of benzene rings is 1. The number of hydrogen-bond donors (Lipinski definition) is 2. The number of nitrogens with two attached hydrogens (primary N) is 1. The fraction of sp³-hybridized carbons (Fsp3) is 0.538. The number of nitrogen functional groups attached to an aromatic ring is 1. The maximum Gasteiger partial charge on any atom is 0.138 e. The number of halogens is 2. The predicted octanol–water partition coefficient (Wildman–Crippen LogP) is 2.91. The van der Waals surface area contributed by atoms with Crippen LogP contribution in [0.15, 0.2) is 12.1 Å². The highest BCUT2D eigenvalue weighted by molar-refractivity contribution is 14.1. The zero-order chi connectivity index (χ0) is 13.1. The summed E-state index contributed by atoms with van der Waals surface area (Å²) >= 11 is 1.95. The molecule has 1 atom stereocenters. The van der Waals surface area contributed by atoms with E-state index in [4.69, 9.17) is 5.73 Å². The number of hydrogen-bond acceptors (Lipinski definition) is 3. The topological polar surface area (TPSA) is 41.3 Å². The number of nitrogens with one attached hydrogen (secondary N) is 1.